The monoisotopic (exact) mass is 538 g/mol. The minimum Gasteiger partial charge on any atom is -0.741 e. The van der Waals surface area contributed by atoms with Crippen LogP contribution in [0.25, 0.3) is 11.0 Å². The van der Waals surface area contributed by atoms with E-state index in [9.17, 15) is 18.0 Å². The van der Waals surface area contributed by atoms with Crippen LogP contribution < -0.4 is 4.74 Å². The fourth-order valence-electron chi connectivity index (χ4n) is 3.51. The highest BCUT2D eigenvalue weighted by Gasteiger charge is 2.39. The summed E-state index contributed by atoms with van der Waals surface area (Å²) in [5, 5.41) is 0.923. The molecule has 36 heavy (non-hydrogen) atoms. The molecular weight excluding hydrogens is 521 g/mol. The van der Waals surface area contributed by atoms with Crippen LogP contribution in [0.1, 0.15) is 16.1 Å². The number of halogens is 3. The summed E-state index contributed by atoms with van der Waals surface area (Å²) in [7, 11) is -5.04. The molecule has 0 spiro atoms. The van der Waals surface area contributed by atoms with Crippen LogP contribution in [0.15, 0.2) is 85.8 Å². The lowest BCUT2D eigenvalue weighted by atomic mass is 10.1. The molecule has 0 amide bonds. The van der Waals surface area contributed by atoms with Gasteiger partial charge in [-0.25, -0.2) is 13.2 Å². The molecule has 0 N–H and O–H groups in total. The van der Waals surface area contributed by atoms with E-state index in [0.29, 0.717) is 5.58 Å². The topological polar surface area (TPSA) is 106 Å². The highest BCUT2D eigenvalue weighted by atomic mass is 32.2. The SMILES string of the molecule is COC(=O)c1oc2ccc([S+]3c4ccccc4Oc4ccccc43)cc2c1C.O=S(=O)([O-])C(F)(F)F. The predicted octanol–water partition coefficient (Wildman–Crippen LogP) is 5.78. The van der Waals surface area contributed by atoms with Gasteiger partial charge >= 0.3 is 11.5 Å². The third kappa shape index (κ3) is 4.79. The molecule has 1 aromatic heterocycles. The fraction of sp³-hybridized carbons (Fsp3) is 0.125. The van der Waals surface area contributed by atoms with Gasteiger partial charge in [0.15, 0.2) is 26.5 Å². The molecule has 1 aliphatic heterocycles. The molecule has 4 aromatic rings. The van der Waals surface area contributed by atoms with Gasteiger partial charge in [-0.3, -0.25) is 0 Å². The summed E-state index contributed by atoms with van der Waals surface area (Å²) in [6.07, 6.45) is 0. The van der Waals surface area contributed by atoms with Crippen molar-refractivity contribution in [3.63, 3.8) is 0 Å². The normalized spacial score (nSPS) is 13.2. The maximum Gasteiger partial charge on any atom is 0.485 e. The highest BCUT2D eigenvalue weighted by molar-refractivity contribution is 7.97. The number of para-hydroxylation sites is 2. The zero-order valence-corrected chi connectivity index (χ0v) is 20.3. The van der Waals surface area contributed by atoms with Crippen LogP contribution >= 0.6 is 0 Å². The second-order valence-electron chi connectivity index (χ2n) is 7.41. The number of fused-ring (bicyclic) bond motifs is 3. The maximum absolute atomic E-state index is 12.0. The first-order valence-corrected chi connectivity index (χ1v) is 12.8. The van der Waals surface area contributed by atoms with Crippen LogP contribution in [0.5, 0.6) is 11.5 Å². The molecule has 188 valence electrons. The van der Waals surface area contributed by atoms with Crippen molar-refractivity contribution < 1.29 is 44.8 Å². The number of carbonyl (C=O) groups excluding carboxylic acids is 1. The third-order valence-corrected chi connectivity index (χ3v) is 8.00. The van der Waals surface area contributed by atoms with Gasteiger partial charge in [0, 0.05) is 17.0 Å². The van der Waals surface area contributed by atoms with Crippen molar-refractivity contribution in [3.8, 4) is 11.5 Å². The first-order chi connectivity index (χ1) is 16.9. The quantitative estimate of drug-likeness (QED) is 0.121. The molecule has 0 aliphatic carbocycles. The molecule has 0 atom stereocenters. The van der Waals surface area contributed by atoms with E-state index in [1.165, 1.54) is 7.11 Å². The number of benzene rings is 3. The fourth-order valence-corrected chi connectivity index (χ4v) is 5.75. The van der Waals surface area contributed by atoms with Crippen LogP contribution in [0, 0.1) is 6.92 Å². The molecule has 2 heterocycles. The number of ether oxygens (including phenoxy) is 2. The Morgan fingerprint density at radius 3 is 2.00 bits per heavy atom. The maximum atomic E-state index is 12.0. The van der Waals surface area contributed by atoms with Gasteiger partial charge in [0.1, 0.15) is 16.5 Å². The largest absolute Gasteiger partial charge is 0.741 e. The molecule has 0 fully saturated rings. The second-order valence-corrected chi connectivity index (χ2v) is 10.7. The third-order valence-electron chi connectivity index (χ3n) is 5.16. The number of methoxy groups -OCH3 is 1. The zero-order chi connectivity index (χ0) is 26.3. The van der Waals surface area contributed by atoms with E-state index in [2.05, 4.69) is 24.3 Å². The van der Waals surface area contributed by atoms with Gasteiger partial charge in [0.25, 0.3) is 0 Å². The van der Waals surface area contributed by atoms with Crippen molar-refractivity contribution in [2.75, 3.05) is 7.11 Å². The van der Waals surface area contributed by atoms with Crippen LogP contribution in [0.3, 0.4) is 0 Å². The van der Waals surface area contributed by atoms with Gasteiger partial charge in [0.05, 0.1) is 7.11 Å². The Kier molecular flexibility index (Phi) is 6.78. The molecule has 12 heteroatoms. The van der Waals surface area contributed by atoms with Gasteiger partial charge in [-0.1, -0.05) is 24.3 Å². The summed E-state index contributed by atoms with van der Waals surface area (Å²) < 4.78 is 75.6. The van der Waals surface area contributed by atoms with E-state index in [1.807, 2.05) is 49.4 Å². The van der Waals surface area contributed by atoms with E-state index in [4.69, 9.17) is 26.9 Å². The summed E-state index contributed by atoms with van der Waals surface area (Å²) in [5.74, 6) is 1.55. The molecule has 1 aliphatic rings. The summed E-state index contributed by atoms with van der Waals surface area (Å²) in [6, 6.07) is 22.4. The lowest BCUT2D eigenvalue weighted by molar-refractivity contribution is -0.0517. The van der Waals surface area contributed by atoms with Gasteiger partial charge in [-0.2, -0.15) is 13.2 Å². The summed E-state index contributed by atoms with van der Waals surface area (Å²) in [4.78, 5) is 15.4. The van der Waals surface area contributed by atoms with Crippen molar-refractivity contribution in [1.82, 2.24) is 0 Å². The van der Waals surface area contributed by atoms with E-state index >= 15 is 0 Å². The average Bonchev–Trinajstić information content (AvgIpc) is 3.17. The van der Waals surface area contributed by atoms with E-state index in [-0.39, 0.29) is 16.7 Å². The number of aryl methyl sites for hydroxylation is 1. The van der Waals surface area contributed by atoms with Crippen molar-refractivity contribution in [2.24, 2.45) is 0 Å². The van der Waals surface area contributed by atoms with Crippen molar-refractivity contribution >= 4 is 38.0 Å². The molecule has 5 rings (SSSR count). The lowest BCUT2D eigenvalue weighted by Gasteiger charge is -2.19. The lowest BCUT2D eigenvalue weighted by Crippen LogP contribution is -2.21. The Hall–Kier alpha value is -3.48. The van der Waals surface area contributed by atoms with Crippen molar-refractivity contribution in [2.45, 2.75) is 27.1 Å². The Bertz CT molecular complexity index is 1510. The summed E-state index contributed by atoms with van der Waals surface area (Å²) in [5.41, 5.74) is -4.17. The molecule has 0 bridgehead atoms. The number of furan rings is 1. The van der Waals surface area contributed by atoms with Crippen LogP contribution in [0.4, 0.5) is 13.2 Å². The van der Waals surface area contributed by atoms with Gasteiger partial charge in [-0.05, 0) is 43.3 Å². The van der Waals surface area contributed by atoms with Crippen molar-refractivity contribution in [3.05, 3.63) is 78.1 Å². The minimum atomic E-state index is -6.09. The number of alkyl halides is 3. The van der Waals surface area contributed by atoms with Gasteiger partial charge in [0.2, 0.25) is 15.6 Å². The zero-order valence-electron chi connectivity index (χ0n) is 18.7. The Morgan fingerprint density at radius 1 is 0.972 bits per heavy atom. The van der Waals surface area contributed by atoms with Crippen LogP contribution in [-0.4, -0.2) is 31.6 Å². The smallest absolute Gasteiger partial charge is 0.485 e. The Morgan fingerprint density at radius 2 is 1.50 bits per heavy atom. The Balaban J connectivity index is 0.000000331. The van der Waals surface area contributed by atoms with E-state index in [0.717, 1.165) is 37.1 Å². The standard InChI is InChI=1S/C23H17O4S.CHF3O3S/c1-14-16-13-15(11-12-17(16)27-22(14)23(24)25-2)28-20-9-5-3-7-18(20)26-19-8-4-6-10-21(19)28;2-1(3,4)8(5,6)7/h3-13H,1-2H3;(H,5,6,7)/q+1;/p-1. The summed E-state index contributed by atoms with van der Waals surface area (Å²) >= 11 is 0. The molecule has 0 radical (unpaired) electrons. The number of hydrogen-bond donors (Lipinski definition) is 0. The predicted molar refractivity (Wildman–Crippen MR) is 123 cm³/mol. The first-order valence-electron chi connectivity index (χ1n) is 10.2. The molecule has 0 saturated heterocycles. The van der Waals surface area contributed by atoms with Crippen LogP contribution in [-0.2, 0) is 25.7 Å². The number of carbonyl (C=O) groups is 1. The average molecular weight is 539 g/mol. The number of esters is 1. The molecular formula is C24H17F3O7S2. The first kappa shape index (κ1) is 25.6. The van der Waals surface area contributed by atoms with E-state index < -0.39 is 21.6 Å². The van der Waals surface area contributed by atoms with E-state index in [1.54, 1.807) is 0 Å². The molecule has 0 saturated carbocycles. The van der Waals surface area contributed by atoms with Crippen molar-refractivity contribution in [1.29, 1.82) is 0 Å². The Labute approximate surface area is 206 Å². The number of hydrogen-bond acceptors (Lipinski definition) is 7. The second kappa shape index (κ2) is 9.52. The highest BCUT2D eigenvalue weighted by Crippen LogP contribution is 2.47. The molecule has 0 unspecified atom stereocenters. The van der Waals surface area contributed by atoms with Gasteiger partial charge in [-0.15, -0.1) is 0 Å². The summed E-state index contributed by atoms with van der Waals surface area (Å²) in [6.45, 7) is 1.89. The minimum absolute atomic E-state index is 0.255. The van der Waals surface area contributed by atoms with Gasteiger partial charge < -0.3 is 18.4 Å². The molecule has 7 nitrogen and oxygen atoms in total. The van der Waals surface area contributed by atoms with Crippen LogP contribution in [0.2, 0.25) is 0 Å². The number of rotatable bonds is 2. The molecule has 3 aromatic carbocycles.